The Morgan fingerprint density at radius 1 is 0.860 bits per heavy atom. The van der Waals surface area contributed by atoms with Gasteiger partial charge in [0.05, 0.1) is 24.0 Å². The number of fused-ring (bicyclic) bond motifs is 1. The molecule has 1 aromatic heterocycles. The fourth-order valence-corrected chi connectivity index (χ4v) is 9.23. The number of sulfonamides is 1. The molecule has 0 aliphatic carbocycles. The Labute approximate surface area is 380 Å². The summed E-state index contributed by atoms with van der Waals surface area (Å²) in [6.45, 7) is 7.40. The number of amides is 3. The Kier molecular flexibility index (Phi) is 23.5. The van der Waals surface area contributed by atoms with Crippen LogP contribution in [0.3, 0.4) is 0 Å². The average Bonchev–Trinajstić information content (AvgIpc) is 3.51. The first-order valence-electron chi connectivity index (χ1n) is 18.4. The number of ether oxygens (including phenoxy) is 1. The first-order valence-corrected chi connectivity index (χ1v) is 22.2. The Bertz CT molecular complexity index is 1900. The zero-order valence-electron chi connectivity index (χ0n) is 34.0. The molecule has 0 saturated heterocycles. The molecule has 5 N–H and O–H groups in total. The standard InChI is InChI=1S/C38H56N5O10PS.2Na/c1-25(2)19-29(35(44)41-33(37(46)47)21-28-22-40-31-16-10-9-15-30(28)31)24-54(49,50)34(20-26(3)4)42-36(45)32(43-55(5,51)52)17-11-12-18-39-38(48)53-23-27-13-7-6-8-14-27;;/h6-10,13-16,22,25-26,29,32-34,40,43H,11-12,17-21,23-24H2,1-5H3,(H,39,48)(H,41,44)(H,42,45)(H,46,47)(H,49,50);;/q;2*+1/p-2/t29?,32-,33-,34?;;/m0../s1. The number of benzene rings is 2. The normalized spacial score (nSPS) is 14.6. The molecule has 19 heteroatoms. The predicted octanol–water partition coefficient (Wildman–Crippen LogP) is -3.24. The number of hydrogen-bond donors (Lipinski definition) is 5. The molecule has 0 spiro atoms. The molecule has 0 fully saturated rings. The molecule has 3 aromatic rings. The molecular weight excluding hydrogens is 795 g/mol. The molecular formula is C38H54N5Na2O10PS. The number of rotatable bonds is 23. The number of aromatic amines is 1. The Hall–Kier alpha value is -2.24. The summed E-state index contributed by atoms with van der Waals surface area (Å²) in [4.78, 5) is 68.6. The minimum Gasteiger partial charge on any atom is -0.798 e. The van der Waals surface area contributed by atoms with E-state index in [1.165, 1.54) is 0 Å². The van der Waals surface area contributed by atoms with E-state index in [1.54, 1.807) is 40.0 Å². The maximum absolute atomic E-state index is 14.0. The largest absolute Gasteiger partial charge is 1.00 e. The van der Waals surface area contributed by atoms with E-state index in [9.17, 15) is 42.2 Å². The molecule has 3 unspecified atom stereocenters. The quantitative estimate of drug-likeness (QED) is 0.0363. The van der Waals surface area contributed by atoms with E-state index in [0.717, 1.165) is 22.7 Å². The van der Waals surface area contributed by atoms with Gasteiger partial charge >= 0.3 is 65.2 Å². The monoisotopic (exact) mass is 849 g/mol. The van der Waals surface area contributed by atoms with Crippen molar-refractivity contribution in [3.05, 3.63) is 71.9 Å². The fourth-order valence-electron chi connectivity index (χ4n) is 6.24. The second-order valence-corrected chi connectivity index (χ2v) is 19.0. The summed E-state index contributed by atoms with van der Waals surface area (Å²) < 4.78 is 45.9. The maximum atomic E-state index is 14.0. The van der Waals surface area contributed by atoms with E-state index in [-0.39, 0.29) is 116 Å². The maximum Gasteiger partial charge on any atom is 1.00 e. The number of nitrogens with one attached hydrogen (secondary N) is 5. The van der Waals surface area contributed by atoms with Gasteiger partial charge in [-0.1, -0.05) is 76.2 Å². The summed E-state index contributed by atoms with van der Waals surface area (Å²) in [7, 11) is -8.55. The number of carboxylic acids is 1. The van der Waals surface area contributed by atoms with Crippen molar-refractivity contribution in [1.29, 1.82) is 0 Å². The van der Waals surface area contributed by atoms with Gasteiger partial charge in [0.1, 0.15) is 12.6 Å². The molecule has 0 aliphatic rings. The van der Waals surface area contributed by atoms with Gasteiger partial charge in [-0.2, -0.15) is 0 Å². The van der Waals surface area contributed by atoms with Gasteiger partial charge in [-0.05, 0) is 61.1 Å². The van der Waals surface area contributed by atoms with Gasteiger partial charge in [0.2, 0.25) is 21.8 Å². The summed E-state index contributed by atoms with van der Waals surface area (Å²) in [6.07, 6.45) is 1.87. The molecule has 0 bridgehead atoms. The van der Waals surface area contributed by atoms with Crippen LogP contribution < -0.4 is 89.8 Å². The molecule has 5 atom stereocenters. The van der Waals surface area contributed by atoms with Gasteiger partial charge in [0.15, 0.2) is 0 Å². The molecule has 2 aromatic carbocycles. The minimum atomic E-state index is -4.65. The number of aromatic nitrogens is 1. The second kappa shape index (κ2) is 25.4. The molecule has 1 heterocycles. The number of hydrogen-bond acceptors (Lipinski definition) is 10. The van der Waals surface area contributed by atoms with Crippen molar-refractivity contribution < 1.29 is 106 Å². The van der Waals surface area contributed by atoms with Crippen LogP contribution in [0, 0.1) is 17.8 Å². The van der Waals surface area contributed by atoms with Crippen molar-refractivity contribution >= 4 is 52.2 Å². The van der Waals surface area contributed by atoms with Gasteiger partial charge in [-0.15, -0.1) is 0 Å². The van der Waals surface area contributed by atoms with Crippen molar-refractivity contribution in [2.75, 3.05) is 19.0 Å². The minimum absolute atomic E-state index is 0. The van der Waals surface area contributed by atoms with E-state index >= 15 is 0 Å². The van der Waals surface area contributed by atoms with Crippen molar-refractivity contribution in [3.8, 4) is 0 Å². The van der Waals surface area contributed by atoms with Crippen LogP contribution in [-0.4, -0.2) is 74.1 Å². The molecule has 3 amide bonds. The number of unbranched alkanes of at least 4 members (excludes halogenated alkanes) is 1. The Balaban J connectivity index is 0.00000812. The molecule has 0 radical (unpaired) electrons. The molecule has 57 heavy (non-hydrogen) atoms. The van der Waals surface area contributed by atoms with Crippen molar-refractivity contribution in [2.45, 2.75) is 90.7 Å². The zero-order chi connectivity index (χ0) is 40.8. The average molecular weight is 850 g/mol. The van der Waals surface area contributed by atoms with E-state index in [0.29, 0.717) is 12.0 Å². The van der Waals surface area contributed by atoms with Crippen LogP contribution in [-0.2, 0) is 46.7 Å². The number of alkyl carbamates (subject to hydrolysis) is 1. The second-order valence-electron chi connectivity index (χ2n) is 14.8. The van der Waals surface area contributed by atoms with E-state index in [4.69, 9.17) is 4.74 Å². The van der Waals surface area contributed by atoms with Crippen molar-refractivity contribution in [2.24, 2.45) is 17.8 Å². The number of para-hydroxylation sites is 1. The molecule has 0 saturated carbocycles. The summed E-state index contributed by atoms with van der Waals surface area (Å²) in [5.74, 6) is -6.14. The van der Waals surface area contributed by atoms with Gasteiger partial charge in [-0.25, -0.2) is 17.9 Å². The smallest absolute Gasteiger partial charge is 0.798 e. The third kappa shape index (κ3) is 19.1. The van der Waals surface area contributed by atoms with E-state index < -0.39 is 71.2 Å². The van der Waals surface area contributed by atoms with E-state index in [1.807, 2.05) is 48.5 Å². The molecule has 0 aliphatic heterocycles. The van der Waals surface area contributed by atoms with Crippen molar-refractivity contribution in [3.63, 3.8) is 0 Å². The molecule has 304 valence electrons. The van der Waals surface area contributed by atoms with Crippen LogP contribution in [0.1, 0.15) is 70.9 Å². The summed E-state index contributed by atoms with van der Waals surface area (Å²) in [5.41, 5.74) is 2.23. The van der Waals surface area contributed by atoms with Crippen LogP contribution in [0.4, 0.5) is 4.79 Å². The third-order valence-corrected chi connectivity index (χ3v) is 11.8. The van der Waals surface area contributed by atoms with Crippen LogP contribution in [0.5, 0.6) is 0 Å². The predicted molar refractivity (Wildman–Crippen MR) is 206 cm³/mol. The number of H-pyrrole nitrogens is 1. The van der Waals surface area contributed by atoms with Gasteiger partial charge in [0, 0.05) is 49.5 Å². The third-order valence-electron chi connectivity index (χ3n) is 8.85. The SMILES string of the molecule is CC(C)CC(CP(=O)([O-])C(CC(C)C)NC(=O)[C@H](CCCCNC(=O)OCc1ccccc1)NS(C)(=O)=O)C(=O)N[C@@H](Cc1c[nH]c2ccccc12)C(=O)[O-].[Na+].[Na+]. The Morgan fingerprint density at radius 2 is 1.49 bits per heavy atom. The van der Waals surface area contributed by atoms with Crippen LogP contribution in [0.25, 0.3) is 10.9 Å². The summed E-state index contributed by atoms with van der Waals surface area (Å²) in [5, 5.41) is 20.6. The molecule has 3 rings (SSSR count). The van der Waals surface area contributed by atoms with Crippen LogP contribution in [0.2, 0.25) is 0 Å². The van der Waals surface area contributed by atoms with E-state index in [2.05, 4.69) is 25.7 Å². The first-order chi connectivity index (χ1) is 25.8. The first kappa shape index (κ1) is 52.8. The van der Waals surface area contributed by atoms with Crippen molar-refractivity contribution in [1.82, 2.24) is 25.7 Å². The van der Waals surface area contributed by atoms with Crippen LogP contribution in [0.15, 0.2) is 60.8 Å². The number of carbonyl (C=O) groups excluding carboxylic acids is 4. The Morgan fingerprint density at radius 3 is 2.11 bits per heavy atom. The topological polar surface area (TPSA) is 239 Å². The number of carbonyl (C=O) groups is 4. The van der Waals surface area contributed by atoms with Crippen LogP contribution >= 0.6 is 7.37 Å². The number of aliphatic carboxylic acids is 1. The molecule has 15 nitrogen and oxygen atoms in total. The van der Waals surface area contributed by atoms with Gasteiger partial charge in [0.25, 0.3) is 0 Å². The zero-order valence-corrected chi connectivity index (χ0v) is 39.8. The fraction of sp³-hybridized carbons (Fsp3) is 0.526. The summed E-state index contributed by atoms with van der Waals surface area (Å²) >= 11 is 0. The number of carboxylic acid groups (broad SMARTS) is 1. The van der Waals surface area contributed by atoms with Gasteiger partial charge < -0.3 is 45.0 Å². The van der Waals surface area contributed by atoms with Gasteiger partial charge in [-0.3, -0.25) is 9.59 Å². The summed E-state index contributed by atoms with van der Waals surface area (Å²) in [6, 6.07) is 13.6.